The summed E-state index contributed by atoms with van der Waals surface area (Å²) in [6.45, 7) is 1.60. The van der Waals surface area contributed by atoms with Gasteiger partial charge in [-0.1, -0.05) is 0 Å². The van der Waals surface area contributed by atoms with Gasteiger partial charge in [-0.2, -0.15) is 0 Å². The van der Waals surface area contributed by atoms with Crippen LogP contribution in [0, 0.1) is 6.92 Å². The van der Waals surface area contributed by atoms with E-state index in [4.69, 9.17) is 9.84 Å². The highest BCUT2D eigenvalue weighted by Crippen LogP contribution is 2.14. The van der Waals surface area contributed by atoms with Crippen molar-refractivity contribution < 1.29 is 14.6 Å². The molecule has 0 fully saturated rings. The van der Waals surface area contributed by atoms with E-state index in [-0.39, 0.29) is 5.56 Å². The van der Waals surface area contributed by atoms with Crippen LogP contribution in [-0.4, -0.2) is 22.8 Å². The first-order valence-electron chi connectivity index (χ1n) is 5.64. The molecule has 1 aromatic carbocycles. The maximum Gasteiger partial charge on any atom is 0.341 e. The summed E-state index contributed by atoms with van der Waals surface area (Å²) < 4.78 is 6.34. The number of aryl methyl sites for hydroxylation is 1. The molecule has 0 aliphatic carbocycles. The minimum Gasteiger partial charge on any atom is -0.497 e. The van der Waals surface area contributed by atoms with E-state index in [2.05, 4.69) is 0 Å². The summed E-state index contributed by atoms with van der Waals surface area (Å²) in [6.07, 6.45) is 1.56. The predicted molar refractivity (Wildman–Crippen MR) is 70.3 cm³/mol. The molecular weight excluding hydrogens is 246 g/mol. The quantitative estimate of drug-likeness (QED) is 0.913. The molecule has 0 amide bonds. The zero-order valence-corrected chi connectivity index (χ0v) is 10.6. The average Bonchev–Trinajstić information content (AvgIpc) is 2.39. The Hall–Kier alpha value is -2.56. The van der Waals surface area contributed by atoms with Gasteiger partial charge in [-0.25, -0.2) is 4.79 Å². The van der Waals surface area contributed by atoms with Gasteiger partial charge in [0.05, 0.1) is 7.11 Å². The Labute approximate surface area is 109 Å². The van der Waals surface area contributed by atoms with E-state index in [1.807, 2.05) is 0 Å². The number of carboxylic acid groups (broad SMARTS) is 1. The molecule has 5 nitrogen and oxygen atoms in total. The number of ether oxygens (including phenoxy) is 1. The van der Waals surface area contributed by atoms with Crippen LogP contribution in [0.1, 0.15) is 15.9 Å². The van der Waals surface area contributed by atoms with Crippen LogP contribution >= 0.6 is 0 Å². The zero-order valence-electron chi connectivity index (χ0n) is 10.6. The molecule has 1 aromatic heterocycles. The van der Waals surface area contributed by atoms with Crippen LogP contribution in [0.5, 0.6) is 5.75 Å². The minimum atomic E-state index is -1.22. The molecule has 0 spiro atoms. The van der Waals surface area contributed by atoms with Crippen molar-refractivity contribution in [2.45, 2.75) is 6.92 Å². The fraction of sp³-hybridized carbons (Fsp3) is 0.143. The number of rotatable bonds is 3. The fourth-order valence-electron chi connectivity index (χ4n) is 1.83. The Morgan fingerprint density at radius 2 is 1.84 bits per heavy atom. The SMILES string of the molecule is COc1ccc(-n2ccc(C)c(C(=O)O)c2=O)cc1. The number of hydrogen-bond donors (Lipinski definition) is 1. The summed E-state index contributed by atoms with van der Waals surface area (Å²) in [4.78, 5) is 23.2. The summed E-state index contributed by atoms with van der Waals surface area (Å²) in [5.74, 6) is -0.548. The number of pyridine rings is 1. The molecule has 2 aromatic rings. The Balaban J connectivity index is 2.59. The van der Waals surface area contributed by atoms with Crippen molar-refractivity contribution >= 4 is 5.97 Å². The topological polar surface area (TPSA) is 68.5 Å². The first-order chi connectivity index (χ1) is 9.04. The van der Waals surface area contributed by atoms with Crippen molar-refractivity contribution in [3.05, 3.63) is 58.0 Å². The second-order valence-corrected chi connectivity index (χ2v) is 4.05. The summed E-state index contributed by atoms with van der Waals surface area (Å²) in [7, 11) is 1.55. The monoisotopic (exact) mass is 259 g/mol. The maximum atomic E-state index is 12.1. The molecule has 1 heterocycles. The molecule has 1 N–H and O–H groups in total. The second kappa shape index (κ2) is 4.97. The molecule has 0 aliphatic rings. The summed E-state index contributed by atoms with van der Waals surface area (Å²) >= 11 is 0. The average molecular weight is 259 g/mol. The third-order valence-corrected chi connectivity index (χ3v) is 2.87. The molecule has 0 atom stereocenters. The Kier molecular flexibility index (Phi) is 3.37. The lowest BCUT2D eigenvalue weighted by molar-refractivity contribution is 0.0694. The summed E-state index contributed by atoms with van der Waals surface area (Å²) in [5, 5.41) is 9.07. The molecule has 0 unspecified atom stereocenters. The standard InChI is InChI=1S/C14H13NO4/c1-9-7-8-15(13(16)12(9)14(17)18)10-3-5-11(19-2)6-4-10/h3-8H,1-2H3,(H,17,18). The van der Waals surface area contributed by atoms with Crippen LogP contribution in [0.4, 0.5) is 0 Å². The molecule has 0 radical (unpaired) electrons. The highest BCUT2D eigenvalue weighted by atomic mass is 16.5. The number of methoxy groups -OCH3 is 1. The van der Waals surface area contributed by atoms with Crippen LogP contribution in [-0.2, 0) is 0 Å². The molecule has 98 valence electrons. The van der Waals surface area contributed by atoms with Crippen LogP contribution in [0.2, 0.25) is 0 Å². The van der Waals surface area contributed by atoms with Crippen LogP contribution in [0.25, 0.3) is 5.69 Å². The first-order valence-corrected chi connectivity index (χ1v) is 5.64. The number of aromatic nitrogens is 1. The van der Waals surface area contributed by atoms with Crippen molar-refractivity contribution in [2.24, 2.45) is 0 Å². The largest absolute Gasteiger partial charge is 0.497 e. The van der Waals surface area contributed by atoms with E-state index in [0.717, 1.165) is 0 Å². The van der Waals surface area contributed by atoms with Gasteiger partial charge >= 0.3 is 5.97 Å². The molecule has 2 rings (SSSR count). The third kappa shape index (κ3) is 2.35. The van der Waals surface area contributed by atoms with Crippen molar-refractivity contribution in [2.75, 3.05) is 7.11 Å². The Bertz CT molecular complexity index is 671. The van der Waals surface area contributed by atoms with E-state index in [0.29, 0.717) is 17.0 Å². The van der Waals surface area contributed by atoms with Crippen LogP contribution < -0.4 is 10.3 Å². The molecule has 0 bridgehead atoms. The number of carboxylic acids is 1. The lowest BCUT2D eigenvalue weighted by atomic mass is 10.1. The highest BCUT2D eigenvalue weighted by molar-refractivity contribution is 5.88. The van der Waals surface area contributed by atoms with Gasteiger partial charge in [-0.05, 0) is 42.8 Å². The molecule has 0 saturated heterocycles. The first kappa shape index (κ1) is 12.9. The van der Waals surface area contributed by atoms with Gasteiger partial charge in [0.15, 0.2) is 0 Å². The van der Waals surface area contributed by atoms with Gasteiger partial charge in [0.1, 0.15) is 11.3 Å². The van der Waals surface area contributed by atoms with Crippen LogP contribution in [0.3, 0.4) is 0 Å². The lowest BCUT2D eigenvalue weighted by Gasteiger charge is -2.09. The summed E-state index contributed by atoms with van der Waals surface area (Å²) in [6, 6.07) is 8.42. The number of benzene rings is 1. The van der Waals surface area contributed by atoms with Gasteiger partial charge < -0.3 is 9.84 Å². The normalized spacial score (nSPS) is 10.2. The Morgan fingerprint density at radius 1 is 1.21 bits per heavy atom. The molecule has 19 heavy (non-hydrogen) atoms. The molecular formula is C14H13NO4. The highest BCUT2D eigenvalue weighted by Gasteiger charge is 2.14. The smallest absolute Gasteiger partial charge is 0.341 e. The van der Waals surface area contributed by atoms with Gasteiger partial charge in [-0.15, -0.1) is 0 Å². The number of aromatic carboxylic acids is 1. The van der Waals surface area contributed by atoms with Crippen LogP contribution in [0.15, 0.2) is 41.3 Å². The number of carbonyl (C=O) groups is 1. The summed E-state index contributed by atoms with van der Waals surface area (Å²) in [5.41, 5.74) is 0.284. The number of hydrogen-bond acceptors (Lipinski definition) is 3. The van der Waals surface area contributed by atoms with Crippen molar-refractivity contribution in [1.29, 1.82) is 0 Å². The number of nitrogens with zero attached hydrogens (tertiary/aromatic N) is 1. The third-order valence-electron chi connectivity index (χ3n) is 2.87. The minimum absolute atomic E-state index is 0.210. The van der Waals surface area contributed by atoms with E-state index in [1.54, 1.807) is 50.6 Å². The van der Waals surface area contributed by atoms with Gasteiger partial charge in [0.25, 0.3) is 5.56 Å². The lowest BCUT2D eigenvalue weighted by Crippen LogP contribution is -2.25. The van der Waals surface area contributed by atoms with Crippen molar-refractivity contribution in [1.82, 2.24) is 4.57 Å². The fourth-order valence-corrected chi connectivity index (χ4v) is 1.83. The predicted octanol–water partition coefficient (Wildman–Crippen LogP) is 1.85. The van der Waals surface area contributed by atoms with Gasteiger partial charge in [0, 0.05) is 11.9 Å². The maximum absolute atomic E-state index is 12.1. The van der Waals surface area contributed by atoms with E-state index in [1.165, 1.54) is 4.57 Å². The van der Waals surface area contributed by atoms with Crippen molar-refractivity contribution in [3.63, 3.8) is 0 Å². The molecule has 0 saturated carbocycles. The van der Waals surface area contributed by atoms with Gasteiger partial charge in [-0.3, -0.25) is 9.36 Å². The van der Waals surface area contributed by atoms with Crippen molar-refractivity contribution in [3.8, 4) is 11.4 Å². The van der Waals surface area contributed by atoms with Gasteiger partial charge in [0.2, 0.25) is 0 Å². The second-order valence-electron chi connectivity index (χ2n) is 4.05. The molecule has 5 heteroatoms. The van der Waals surface area contributed by atoms with E-state index < -0.39 is 11.5 Å². The van der Waals surface area contributed by atoms with E-state index >= 15 is 0 Å². The van der Waals surface area contributed by atoms with E-state index in [9.17, 15) is 9.59 Å². The molecule has 0 aliphatic heterocycles. The Morgan fingerprint density at radius 3 is 2.37 bits per heavy atom. The zero-order chi connectivity index (χ0) is 14.0.